The molecule has 0 saturated carbocycles. The van der Waals surface area contributed by atoms with E-state index in [9.17, 15) is 13.2 Å². The molecule has 1 aromatic carbocycles. The van der Waals surface area contributed by atoms with Crippen LogP contribution in [0.4, 0.5) is 5.82 Å². The predicted octanol–water partition coefficient (Wildman–Crippen LogP) is 1.34. The minimum Gasteiger partial charge on any atom is -0.366 e. The SMILES string of the molecule is Cc1ccc(S(=O)(=O)Nc2cncc(Cl)n2)cc1C(N)=O. The third-order valence-corrected chi connectivity index (χ3v) is 4.16. The van der Waals surface area contributed by atoms with Gasteiger partial charge in [0.05, 0.1) is 17.3 Å². The molecule has 21 heavy (non-hydrogen) atoms. The first-order valence-electron chi connectivity index (χ1n) is 5.70. The molecule has 0 aliphatic heterocycles. The Labute approximate surface area is 126 Å². The highest BCUT2D eigenvalue weighted by molar-refractivity contribution is 7.92. The zero-order chi connectivity index (χ0) is 15.6. The van der Waals surface area contributed by atoms with Crippen LogP contribution in [-0.4, -0.2) is 24.3 Å². The highest BCUT2D eigenvalue weighted by Gasteiger charge is 2.18. The van der Waals surface area contributed by atoms with Crippen molar-refractivity contribution in [3.05, 3.63) is 46.9 Å². The second-order valence-corrected chi connectivity index (χ2v) is 6.24. The van der Waals surface area contributed by atoms with Crippen LogP contribution in [0.25, 0.3) is 0 Å². The number of halogens is 1. The fourth-order valence-corrected chi connectivity index (χ4v) is 2.78. The van der Waals surface area contributed by atoms with Gasteiger partial charge in [-0.25, -0.2) is 13.4 Å². The third-order valence-electron chi connectivity index (χ3n) is 2.63. The van der Waals surface area contributed by atoms with Crippen molar-refractivity contribution in [2.45, 2.75) is 11.8 Å². The van der Waals surface area contributed by atoms with Gasteiger partial charge in [-0.05, 0) is 24.6 Å². The average molecular weight is 327 g/mol. The van der Waals surface area contributed by atoms with Gasteiger partial charge in [-0.1, -0.05) is 17.7 Å². The molecule has 0 aliphatic rings. The van der Waals surface area contributed by atoms with Crippen LogP contribution in [0.2, 0.25) is 5.15 Å². The van der Waals surface area contributed by atoms with E-state index in [-0.39, 0.29) is 21.4 Å². The van der Waals surface area contributed by atoms with E-state index in [4.69, 9.17) is 17.3 Å². The maximum atomic E-state index is 12.2. The van der Waals surface area contributed by atoms with Crippen molar-refractivity contribution < 1.29 is 13.2 Å². The zero-order valence-corrected chi connectivity index (χ0v) is 12.4. The highest BCUT2D eigenvalue weighted by Crippen LogP contribution is 2.18. The molecule has 1 heterocycles. The number of sulfonamides is 1. The van der Waals surface area contributed by atoms with Crippen LogP contribution in [0, 0.1) is 6.92 Å². The maximum Gasteiger partial charge on any atom is 0.263 e. The van der Waals surface area contributed by atoms with E-state index in [0.29, 0.717) is 5.56 Å². The Morgan fingerprint density at radius 3 is 2.67 bits per heavy atom. The van der Waals surface area contributed by atoms with Crippen molar-refractivity contribution >= 4 is 33.3 Å². The number of rotatable bonds is 4. The number of anilines is 1. The number of carbonyl (C=O) groups excluding carboxylic acids is 1. The van der Waals surface area contributed by atoms with Crippen LogP contribution in [0.3, 0.4) is 0 Å². The summed E-state index contributed by atoms with van der Waals surface area (Å²) < 4.78 is 26.7. The van der Waals surface area contributed by atoms with Crippen LogP contribution in [-0.2, 0) is 10.0 Å². The van der Waals surface area contributed by atoms with Gasteiger partial charge in [0, 0.05) is 5.56 Å². The molecule has 0 aliphatic carbocycles. The number of amides is 1. The second kappa shape index (κ2) is 5.66. The van der Waals surface area contributed by atoms with Crippen molar-refractivity contribution in [1.29, 1.82) is 0 Å². The topological polar surface area (TPSA) is 115 Å². The van der Waals surface area contributed by atoms with Crippen LogP contribution in [0.5, 0.6) is 0 Å². The number of primary amides is 1. The Kier molecular flexibility index (Phi) is 4.10. The third kappa shape index (κ3) is 3.47. The first-order chi connectivity index (χ1) is 9.79. The average Bonchev–Trinajstić information content (AvgIpc) is 2.38. The molecule has 1 amide bonds. The quantitative estimate of drug-likeness (QED) is 0.879. The Morgan fingerprint density at radius 2 is 2.05 bits per heavy atom. The lowest BCUT2D eigenvalue weighted by Crippen LogP contribution is -2.17. The lowest BCUT2D eigenvalue weighted by Gasteiger charge is -2.09. The first kappa shape index (κ1) is 15.2. The number of benzene rings is 1. The Balaban J connectivity index is 2.40. The molecule has 0 atom stereocenters. The lowest BCUT2D eigenvalue weighted by atomic mass is 10.1. The van der Waals surface area contributed by atoms with Crippen molar-refractivity contribution in [3.63, 3.8) is 0 Å². The van der Waals surface area contributed by atoms with Gasteiger partial charge in [0.15, 0.2) is 5.82 Å². The minimum atomic E-state index is -3.92. The molecule has 9 heteroatoms. The Morgan fingerprint density at radius 1 is 1.33 bits per heavy atom. The molecule has 2 rings (SSSR count). The number of carbonyl (C=O) groups is 1. The van der Waals surface area contributed by atoms with Crippen LogP contribution >= 0.6 is 11.6 Å². The van der Waals surface area contributed by atoms with Crippen molar-refractivity contribution in [3.8, 4) is 0 Å². The van der Waals surface area contributed by atoms with E-state index in [1.165, 1.54) is 30.6 Å². The standard InChI is InChI=1S/C12H11ClN4O3S/c1-7-2-3-8(4-9(7)12(14)18)21(19,20)17-11-6-15-5-10(13)16-11/h2-6H,1H3,(H2,14,18)(H,16,17). The van der Waals surface area contributed by atoms with E-state index in [2.05, 4.69) is 14.7 Å². The van der Waals surface area contributed by atoms with Gasteiger partial charge < -0.3 is 5.73 Å². The number of aryl methyl sites for hydroxylation is 1. The van der Waals surface area contributed by atoms with Crippen molar-refractivity contribution in [1.82, 2.24) is 9.97 Å². The van der Waals surface area contributed by atoms with Gasteiger partial charge in [-0.3, -0.25) is 14.5 Å². The number of hydrogen-bond acceptors (Lipinski definition) is 5. The smallest absolute Gasteiger partial charge is 0.263 e. The molecule has 7 nitrogen and oxygen atoms in total. The molecule has 1 aromatic heterocycles. The van der Waals surface area contributed by atoms with E-state index < -0.39 is 15.9 Å². The summed E-state index contributed by atoms with van der Waals surface area (Å²) in [7, 11) is -3.92. The summed E-state index contributed by atoms with van der Waals surface area (Å²) >= 11 is 5.64. The Hall–Kier alpha value is -2.19. The van der Waals surface area contributed by atoms with E-state index in [1.54, 1.807) is 6.92 Å². The summed E-state index contributed by atoms with van der Waals surface area (Å²) in [6, 6.07) is 4.07. The normalized spacial score (nSPS) is 11.1. The monoisotopic (exact) mass is 326 g/mol. The lowest BCUT2D eigenvalue weighted by molar-refractivity contribution is 0.0999. The fraction of sp³-hybridized carbons (Fsp3) is 0.0833. The molecule has 110 valence electrons. The van der Waals surface area contributed by atoms with Gasteiger partial charge in [0.2, 0.25) is 5.91 Å². The largest absolute Gasteiger partial charge is 0.366 e. The van der Waals surface area contributed by atoms with Crippen LogP contribution in [0.1, 0.15) is 15.9 Å². The predicted molar refractivity (Wildman–Crippen MR) is 77.5 cm³/mol. The maximum absolute atomic E-state index is 12.2. The molecule has 0 saturated heterocycles. The number of nitrogens with two attached hydrogens (primary N) is 1. The number of hydrogen-bond donors (Lipinski definition) is 2. The molecule has 0 spiro atoms. The summed E-state index contributed by atoms with van der Waals surface area (Å²) in [6.07, 6.45) is 2.49. The van der Waals surface area contributed by atoms with Gasteiger partial charge >= 0.3 is 0 Å². The summed E-state index contributed by atoms with van der Waals surface area (Å²) in [5, 5.41) is 0.0527. The van der Waals surface area contributed by atoms with Crippen LogP contribution < -0.4 is 10.5 Å². The van der Waals surface area contributed by atoms with Gasteiger partial charge in [-0.15, -0.1) is 0 Å². The fourth-order valence-electron chi connectivity index (χ4n) is 1.62. The second-order valence-electron chi connectivity index (χ2n) is 4.17. The number of aromatic nitrogens is 2. The molecular weight excluding hydrogens is 316 g/mol. The number of nitrogens with zero attached hydrogens (tertiary/aromatic N) is 2. The Bertz CT molecular complexity index is 808. The van der Waals surface area contributed by atoms with Gasteiger partial charge in [0.25, 0.3) is 10.0 Å². The molecule has 3 N–H and O–H groups in total. The molecule has 0 fully saturated rings. The molecule has 0 unspecified atom stereocenters. The number of nitrogens with one attached hydrogen (secondary N) is 1. The molecule has 2 aromatic rings. The minimum absolute atomic E-state index is 0.0244. The summed E-state index contributed by atoms with van der Waals surface area (Å²) in [5.74, 6) is -0.726. The van der Waals surface area contributed by atoms with E-state index in [0.717, 1.165) is 0 Å². The van der Waals surface area contributed by atoms with Crippen LogP contribution in [0.15, 0.2) is 35.5 Å². The summed E-state index contributed by atoms with van der Waals surface area (Å²) in [4.78, 5) is 18.7. The molecule has 0 radical (unpaired) electrons. The van der Waals surface area contributed by atoms with E-state index in [1.807, 2.05) is 0 Å². The summed E-state index contributed by atoms with van der Waals surface area (Å²) in [6.45, 7) is 1.66. The first-order valence-corrected chi connectivity index (χ1v) is 7.56. The van der Waals surface area contributed by atoms with Crippen molar-refractivity contribution in [2.75, 3.05) is 4.72 Å². The zero-order valence-electron chi connectivity index (χ0n) is 10.9. The molecule has 0 bridgehead atoms. The highest BCUT2D eigenvalue weighted by atomic mass is 35.5. The van der Waals surface area contributed by atoms with Gasteiger partial charge in [0.1, 0.15) is 5.15 Å². The summed E-state index contributed by atoms with van der Waals surface area (Å²) in [5.41, 5.74) is 5.93. The van der Waals surface area contributed by atoms with Crippen molar-refractivity contribution in [2.24, 2.45) is 5.73 Å². The van der Waals surface area contributed by atoms with Gasteiger partial charge in [-0.2, -0.15) is 0 Å². The molecular formula is C12H11ClN4O3S. The van der Waals surface area contributed by atoms with E-state index >= 15 is 0 Å².